The standard InChI is InChI=1S/4C10H6F3O2.C5H5N.Eu/c4*11-10(12,13)9(15)6-8(14)7-4-2-1-3-5-7;1-2-4-6-5-3-1;/h4*1-6H;1-5H;/q4*-1;;+3. The van der Waals surface area contributed by atoms with Crippen molar-refractivity contribution in [2.45, 2.75) is 24.7 Å². The summed E-state index contributed by atoms with van der Waals surface area (Å²) in [6.07, 6.45) is -16.3. The van der Waals surface area contributed by atoms with Crippen LogP contribution in [0, 0.1) is 75.1 Å². The second-order valence-electron chi connectivity index (χ2n) is 12.0. The zero-order valence-corrected chi connectivity index (χ0v) is 35.8. The first kappa shape index (κ1) is 60.6. The first-order valence-electron chi connectivity index (χ1n) is 17.7. The van der Waals surface area contributed by atoms with Gasteiger partial charge in [0.15, 0.2) is 23.1 Å². The molecule has 67 heavy (non-hydrogen) atoms. The van der Waals surface area contributed by atoms with E-state index in [1.807, 2.05) is 18.2 Å². The van der Waals surface area contributed by atoms with E-state index in [0.29, 0.717) is 0 Å². The molecule has 0 saturated carbocycles. The Morgan fingerprint density at radius 1 is 0.299 bits per heavy atom. The average Bonchev–Trinajstić information content (AvgIpc) is 3.27. The molecule has 0 radical (unpaired) electrons. The molecule has 0 aliphatic carbocycles. The number of pyridine rings is 1. The Balaban J connectivity index is 0.000000826. The quantitative estimate of drug-likeness (QED) is 0.0515. The Labute approximate surface area is 413 Å². The van der Waals surface area contributed by atoms with Crippen LogP contribution in [-0.2, 0) is 19.2 Å². The molecule has 0 unspecified atom stereocenters. The number of rotatable bonds is 12. The van der Waals surface area contributed by atoms with Gasteiger partial charge < -0.3 is 38.4 Å². The molecule has 9 nitrogen and oxygen atoms in total. The molecule has 0 bridgehead atoms. The van der Waals surface area contributed by atoms with E-state index >= 15 is 0 Å². The Hall–Kier alpha value is -6.39. The van der Waals surface area contributed by atoms with Crippen molar-refractivity contribution in [3.8, 4) is 0 Å². The number of hydrogen-bond donors (Lipinski definition) is 0. The molecule has 1 aromatic heterocycles. The monoisotopic (exact) mass is 1090 g/mol. The maximum absolute atomic E-state index is 11.8. The normalized spacial score (nSPS) is 10.4. The zero-order chi connectivity index (χ0) is 50.1. The van der Waals surface area contributed by atoms with Crippen LogP contribution in [0.4, 0.5) is 52.7 Å². The van der Waals surface area contributed by atoms with Crippen LogP contribution in [0.25, 0.3) is 0 Å². The van der Waals surface area contributed by atoms with E-state index in [4.69, 9.17) is 0 Å². The Bertz CT molecular complexity index is 2010. The van der Waals surface area contributed by atoms with Crippen molar-refractivity contribution in [3.05, 3.63) is 200 Å². The predicted octanol–water partition coefficient (Wildman–Crippen LogP) is 9.90. The second kappa shape index (κ2) is 29.3. The van der Waals surface area contributed by atoms with Crippen LogP contribution >= 0.6 is 0 Å². The summed E-state index contributed by atoms with van der Waals surface area (Å²) in [4.78, 5) is 90.1. The van der Waals surface area contributed by atoms with E-state index in [-0.39, 0.29) is 97.3 Å². The molecule has 1 heterocycles. The number of alkyl halides is 12. The Morgan fingerprint density at radius 2 is 0.463 bits per heavy atom. The number of nitrogens with zero attached hydrogens (tertiary/aromatic N) is 1. The van der Waals surface area contributed by atoms with E-state index in [0.717, 1.165) is 0 Å². The molecule has 0 spiro atoms. The molecule has 5 rings (SSSR count). The first-order valence-corrected chi connectivity index (χ1v) is 17.7. The smallest absolute Gasteiger partial charge is 0.331 e. The van der Waals surface area contributed by atoms with E-state index in [1.165, 1.54) is 97.1 Å². The van der Waals surface area contributed by atoms with Gasteiger partial charge in [-0.2, -0.15) is 52.7 Å². The van der Waals surface area contributed by atoms with Crippen LogP contribution in [0.15, 0.2) is 152 Å². The molecule has 22 heteroatoms. The van der Waals surface area contributed by atoms with E-state index in [2.05, 4.69) is 4.98 Å². The number of carbonyl (C=O) groups is 8. The third-order valence-electron chi connectivity index (χ3n) is 6.97. The van der Waals surface area contributed by atoms with Crippen molar-refractivity contribution in [2.75, 3.05) is 0 Å². The van der Waals surface area contributed by atoms with Crippen molar-refractivity contribution < 1.29 is 140 Å². The SMILES string of the molecule is O=C([CH-]C(=O)C(F)(F)F)c1ccccc1.O=C([CH-]C(=O)C(F)(F)F)c1ccccc1.O=C([CH-]C(=O)C(F)(F)F)c1ccccc1.O=C([CH-]C(=O)C(F)(F)F)c1ccccc1.[Eu+3].c1ccncc1. The number of Topliss-reactive ketones (excluding diaryl/α,β-unsaturated/α-hetero) is 8. The number of benzene rings is 4. The van der Waals surface area contributed by atoms with Crippen LogP contribution in [0.1, 0.15) is 41.4 Å². The summed E-state index contributed by atoms with van der Waals surface area (Å²) >= 11 is 0. The first-order chi connectivity index (χ1) is 30.6. The molecule has 0 saturated heterocycles. The minimum Gasteiger partial charge on any atom is -0.331 e. The fourth-order valence-electron chi connectivity index (χ4n) is 3.86. The zero-order valence-electron chi connectivity index (χ0n) is 33.4. The van der Waals surface area contributed by atoms with Gasteiger partial charge in [0.25, 0.3) is 0 Å². The summed E-state index contributed by atoms with van der Waals surface area (Å²) in [5.74, 6) is -12.4. The van der Waals surface area contributed by atoms with E-state index in [1.54, 1.807) is 36.7 Å². The van der Waals surface area contributed by atoms with Crippen molar-refractivity contribution in [1.82, 2.24) is 4.98 Å². The third-order valence-corrected chi connectivity index (χ3v) is 6.97. The molecule has 0 aliphatic heterocycles. The summed E-state index contributed by atoms with van der Waals surface area (Å²) < 4.78 is 142. The number of halogens is 12. The van der Waals surface area contributed by atoms with E-state index < -0.39 is 71.0 Å². The number of carbonyl (C=O) groups excluding carboxylic acids is 8. The van der Waals surface area contributed by atoms with Gasteiger partial charge in [-0.1, -0.05) is 78.9 Å². The molecule has 0 fully saturated rings. The molecule has 0 N–H and O–H groups in total. The van der Waals surface area contributed by atoms with Crippen LogP contribution in [-0.4, -0.2) is 76.0 Å². The Kier molecular flexibility index (Phi) is 26.5. The van der Waals surface area contributed by atoms with Crippen molar-refractivity contribution in [3.63, 3.8) is 0 Å². The molecular weight excluding hydrogens is 1060 g/mol. The topological polar surface area (TPSA) is 149 Å². The maximum Gasteiger partial charge on any atom is 3.00 e. The minimum absolute atomic E-state index is 0. The molecular formula is C45H29EuF12NO8-. The van der Waals surface area contributed by atoms with Crippen LogP contribution in [0.3, 0.4) is 0 Å². The van der Waals surface area contributed by atoms with Gasteiger partial charge in [0.05, 0.1) is 0 Å². The molecule has 0 amide bonds. The number of ketones is 8. The summed E-state index contributed by atoms with van der Waals surface area (Å²) in [5.41, 5.74) is 0.204. The van der Waals surface area contributed by atoms with Gasteiger partial charge in [-0.3, -0.25) is 4.98 Å². The summed E-state index contributed by atoms with van der Waals surface area (Å²) in [6.45, 7) is 0. The van der Waals surface area contributed by atoms with Gasteiger partial charge in [-0.05, 0) is 12.1 Å². The summed E-state index contributed by atoms with van der Waals surface area (Å²) in [6, 6.07) is 34.8. The van der Waals surface area contributed by atoms with Crippen LogP contribution in [0.5, 0.6) is 0 Å². The fourth-order valence-corrected chi connectivity index (χ4v) is 3.86. The van der Waals surface area contributed by atoms with Gasteiger partial charge >= 0.3 is 74.1 Å². The summed E-state index contributed by atoms with van der Waals surface area (Å²) in [5, 5.41) is 0. The number of aromatic nitrogens is 1. The molecule has 5 aromatic rings. The van der Waals surface area contributed by atoms with Crippen LogP contribution < -0.4 is 0 Å². The van der Waals surface area contributed by atoms with Crippen molar-refractivity contribution >= 4 is 46.3 Å². The summed E-state index contributed by atoms with van der Waals surface area (Å²) in [7, 11) is 0. The number of hydrogen-bond acceptors (Lipinski definition) is 9. The fraction of sp³-hybridized carbons (Fsp3) is 0.0889. The minimum atomic E-state index is -5.00. The maximum atomic E-state index is 11.8. The van der Waals surface area contributed by atoms with Gasteiger partial charge in [0.1, 0.15) is 0 Å². The molecule has 0 atom stereocenters. The third kappa shape index (κ3) is 25.8. The second-order valence-corrected chi connectivity index (χ2v) is 12.0. The van der Waals surface area contributed by atoms with Crippen LogP contribution in [0.2, 0.25) is 0 Å². The van der Waals surface area contributed by atoms with Crippen molar-refractivity contribution in [2.24, 2.45) is 0 Å². The van der Waals surface area contributed by atoms with Gasteiger partial charge in [0, 0.05) is 35.5 Å². The van der Waals surface area contributed by atoms with Gasteiger partial charge in [0.2, 0.25) is 0 Å². The molecule has 354 valence electrons. The molecule has 4 aromatic carbocycles. The largest absolute Gasteiger partial charge is 3.00 e. The average molecular weight is 1090 g/mol. The van der Waals surface area contributed by atoms with Gasteiger partial charge in [-0.15, -0.1) is 96.5 Å². The predicted molar refractivity (Wildman–Crippen MR) is 209 cm³/mol. The van der Waals surface area contributed by atoms with E-state index in [9.17, 15) is 91.0 Å². The molecule has 0 aliphatic rings. The van der Waals surface area contributed by atoms with Crippen molar-refractivity contribution in [1.29, 1.82) is 0 Å². The Morgan fingerprint density at radius 3 is 0.582 bits per heavy atom. The van der Waals surface area contributed by atoms with Gasteiger partial charge in [-0.25, -0.2) is 0 Å².